The number of carbonyl (C=O) groups excluding carboxylic acids is 1. The average molecular weight is 368 g/mol. The van der Waals surface area contributed by atoms with E-state index in [1.807, 2.05) is 42.6 Å². The number of hydrogen-bond donors (Lipinski definition) is 2. The van der Waals surface area contributed by atoms with E-state index in [4.69, 9.17) is 5.73 Å². The molecule has 1 amide bonds. The molecule has 1 aromatic carbocycles. The van der Waals surface area contributed by atoms with Gasteiger partial charge in [0.25, 0.3) is 0 Å². The minimum absolute atomic E-state index is 0. The van der Waals surface area contributed by atoms with Crippen LogP contribution in [0, 0.1) is 0 Å². The molecular formula is C18H26ClN3OS. The first-order valence-electron chi connectivity index (χ1n) is 8.21. The van der Waals surface area contributed by atoms with Crippen molar-refractivity contribution in [1.29, 1.82) is 0 Å². The Morgan fingerprint density at radius 1 is 1.21 bits per heavy atom. The summed E-state index contributed by atoms with van der Waals surface area (Å²) in [5.41, 5.74) is 7.53. The summed E-state index contributed by atoms with van der Waals surface area (Å²) in [5.74, 6) is 0.0988. The monoisotopic (exact) mass is 367 g/mol. The van der Waals surface area contributed by atoms with Crippen LogP contribution in [-0.4, -0.2) is 17.4 Å². The second-order valence-electron chi connectivity index (χ2n) is 5.68. The Hall–Kier alpha value is -1.43. The van der Waals surface area contributed by atoms with E-state index in [0.717, 1.165) is 48.5 Å². The van der Waals surface area contributed by atoms with Crippen molar-refractivity contribution < 1.29 is 4.79 Å². The van der Waals surface area contributed by atoms with Gasteiger partial charge in [0.2, 0.25) is 5.91 Å². The van der Waals surface area contributed by atoms with Gasteiger partial charge in [-0.05, 0) is 26.3 Å². The summed E-state index contributed by atoms with van der Waals surface area (Å²) in [6, 6.07) is 10.0. The van der Waals surface area contributed by atoms with Gasteiger partial charge in [-0.25, -0.2) is 4.98 Å². The number of amides is 1. The summed E-state index contributed by atoms with van der Waals surface area (Å²) < 4.78 is 0. The van der Waals surface area contributed by atoms with Crippen LogP contribution in [0.5, 0.6) is 0 Å². The average Bonchev–Trinajstić information content (AvgIpc) is 3.05. The van der Waals surface area contributed by atoms with E-state index in [9.17, 15) is 4.79 Å². The number of halogens is 1. The number of nitrogens with one attached hydrogen (secondary N) is 1. The fourth-order valence-corrected chi connectivity index (χ4v) is 3.22. The van der Waals surface area contributed by atoms with E-state index in [1.165, 1.54) is 0 Å². The minimum Gasteiger partial charge on any atom is -0.347 e. The molecule has 6 heteroatoms. The number of carbonyl (C=O) groups is 1. The standard InChI is InChI=1S/C18H25N3OS.ClH/c1-14(20-17(22)11-7-2-3-8-12-19)18-21-16(13-23-18)15-9-5-4-6-10-15;/h4-6,9-10,13-14H,2-3,7-8,11-12,19H2,1H3,(H,20,22);1H. The largest absolute Gasteiger partial charge is 0.347 e. The molecule has 1 heterocycles. The lowest BCUT2D eigenvalue weighted by atomic mass is 10.1. The summed E-state index contributed by atoms with van der Waals surface area (Å²) in [5, 5.41) is 6.02. The molecule has 0 saturated heterocycles. The number of hydrogen-bond acceptors (Lipinski definition) is 4. The zero-order chi connectivity index (χ0) is 16.5. The number of nitrogens with zero attached hydrogens (tertiary/aromatic N) is 1. The van der Waals surface area contributed by atoms with Gasteiger partial charge in [0.05, 0.1) is 11.7 Å². The maximum atomic E-state index is 12.0. The van der Waals surface area contributed by atoms with Crippen LogP contribution in [-0.2, 0) is 4.79 Å². The van der Waals surface area contributed by atoms with Gasteiger partial charge in [-0.1, -0.05) is 43.2 Å². The van der Waals surface area contributed by atoms with Gasteiger partial charge in [0, 0.05) is 17.4 Å². The molecule has 0 aliphatic heterocycles. The molecule has 1 atom stereocenters. The second-order valence-corrected chi connectivity index (χ2v) is 6.57. The highest BCUT2D eigenvalue weighted by molar-refractivity contribution is 7.10. The molecule has 1 unspecified atom stereocenters. The SMILES string of the molecule is CC(NC(=O)CCCCCCN)c1nc(-c2ccccc2)cs1.Cl. The molecule has 0 saturated carbocycles. The zero-order valence-corrected chi connectivity index (χ0v) is 15.7. The molecule has 0 aliphatic carbocycles. The molecule has 1 aromatic heterocycles. The van der Waals surface area contributed by atoms with Gasteiger partial charge in [-0.3, -0.25) is 4.79 Å². The molecule has 0 aliphatic rings. The van der Waals surface area contributed by atoms with Crippen molar-refractivity contribution >= 4 is 29.7 Å². The van der Waals surface area contributed by atoms with Crippen LogP contribution in [0.4, 0.5) is 0 Å². The van der Waals surface area contributed by atoms with E-state index in [1.54, 1.807) is 11.3 Å². The Bertz CT molecular complexity index is 603. The lowest BCUT2D eigenvalue weighted by molar-refractivity contribution is -0.121. The molecule has 2 aromatic rings. The molecule has 24 heavy (non-hydrogen) atoms. The first kappa shape index (κ1) is 20.6. The fraction of sp³-hybridized carbons (Fsp3) is 0.444. The van der Waals surface area contributed by atoms with E-state index < -0.39 is 0 Å². The number of aromatic nitrogens is 1. The predicted octanol–water partition coefficient (Wildman–Crippen LogP) is 4.32. The molecule has 0 spiro atoms. The molecule has 3 N–H and O–H groups in total. The van der Waals surface area contributed by atoms with Crippen molar-refractivity contribution in [2.75, 3.05) is 6.54 Å². The maximum absolute atomic E-state index is 12.0. The third-order valence-electron chi connectivity index (χ3n) is 3.70. The van der Waals surface area contributed by atoms with Crippen LogP contribution in [0.25, 0.3) is 11.3 Å². The summed E-state index contributed by atoms with van der Waals surface area (Å²) in [6.07, 6.45) is 4.71. The van der Waals surface area contributed by atoms with Crippen molar-refractivity contribution in [2.24, 2.45) is 5.73 Å². The lowest BCUT2D eigenvalue weighted by Crippen LogP contribution is -2.26. The summed E-state index contributed by atoms with van der Waals surface area (Å²) in [6.45, 7) is 2.72. The molecular weight excluding hydrogens is 342 g/mol. The Morgan fingerprint density at radius 3 is 2.62 bits per heavy atom. The smallest absolute Gasteiger partial charge is 0.220 e. The summed E-state index contributed by atoms with van der Waals surface area (Å²) >= 11 is 1.59. The van der Waals surface area contributed by atoms with E-state index in [2.05, 4.69) is 10.3 Å². The normalized spacial score (nSPS) is 11.6. The van der Waals surface area contributed by atoms with Gasteiger partial charge in [0.15, 0.2) is 0 Å². The van der Waals surface area contributed by atoms with Crippen molar-refractivity contribution in [1.82, 2.24) is 10.3 Å². The van der Waals surface area contributed by atoms with Crippen LogP contribution in [0.15, 0.2) is 35.7 Å². The zero-order valence-electron chi connectivity index (χ0n) is 14.0. The number of rotatable bonds is 9. The Balaban J connectivity index is 0.00000288. The highest BCUT2D eigenvalue weighted by atomic mass is 35.5. The van der Waals surface area contributed by atoms with Crippen LogP contribution in [0.2, 0.25) is 0 Å². The highest BCUT2D eigenvalue weighted by Gasteiger charge is 2.13. The van der Waals surface area contributed by atoms with Crippen molar-refractivity contribution in [3.63, 3.8) is 0 Å². The molecule has 0 fully saturated rings. The molecule has 132 valence electrons. The Morgan fingerprint density at radius 2 is 1.92 bits per heavy atom. The quantitative estimate of drug-likeness (QED) is 0.648. The van der Waals surface area contributed by atoms with Crippen LogP contribution < -0.4 is 11.1 Å². The molecule has 2 rings (SSSR count). The first-order valence-corrected chi connectivity index (χ1v) is 9.09. The van der Waals surface area contributed by atoms with Crippen molar-refractivity contribution in [2.45, 2.75) is 45.1 Å². The van der Waals surface area contributed by atoms with E-state index >= 15 is 0 Å². The summed E-state index contributed by atoms with van der Waals surface area (Å²) in [4.78, 5) is 16.6. The number of benzene rings is 1. The van der Waals surface area contributed by atoms with Gasteiger partial charge in [0.1, 0.15) is 5.01 Å². The molecule has 0 bridgehead atoms. The third kappa shape index (κ3) is 6.59. The molecule has 0 radical (unpaired) electrons. The number of nitrogens with two attached hydrogens (primary N) is 1. The predicted molar refractivity (Wildman–Crippen MR) is 103 cm³/mol. The van der Waals surface area contributed by atoms with Gasteiger partial charge in [-0.2, -0.15) is 0 Å². The topological polar surface area (TPSA) is 68.0 Å². The van der Waals surface area contributed by atoms with E-state index in [-0.39, 0.29) is 24.4 Å². The fourth-order valence-electron chi connectivity index (χ4n) is 2.39. The lowest BCUT2D eigenvalue weighted by Gasteiger charge is -2.11. The van der Waals surface area contributed by atoms with Crippen LogP contribution >= 0.6 is 23.7 Å². The third-order valence-corrected chi connectivity index (χ3v) is 4.72. The van der Waals surface area contributed by atoms with Crippen LogP contribution in [0.1, 0.15) is 50.1 Å². The number of thiazole rings is 1. The number of unbranched alkanes of at least 4 members (excludes halogenated alkanes) is 3. The molecule has 4 nitrogen and oxygen atoms in total. The highest BCUT2D eigenvalue weighted by Crippen LogP contribution is 2.25. The van der Waals surface area contributed by atoms with Gasteiger partial charge < -0.3 is 11.1 Å². The van der Waals surface area contributed by atoms with Crippen molar-refractivity contribution in [3.05, 3.63) is 40.7 Å². The van der Waals surface area contributed by atoms with E-state index in [0.29, 0.717) is 6.42 Å². The van der Waals surface area contributed by atoms with Crippen LogP contribution in [0.3, 0.4) is 0 Å². The summed E-state index contributed by atoms with van der Waals surface area (Å²) in [7, 11) is 0. The minimum atomic E-state index is -0.0472. The second kappa shape index (κ2) is 11.2. The Kier molecular flexibility index (Phi) is 9.60. The van der Waals surface area contributed by atoms with Gasteiger partial charge in [-0.15, -0.1) is 23.7 Å². The van der Waals surface area contributed by atoms with Crippen molar-refractivity contribution in [3.8, 4) is 11.3 Å². The first-order chi connectivity index (χ1) is 11.2. The maximum Gasteiger partial charge on any atom is 0.220 e. The Labute approximate surface area is 154 Å². The van der Waals surface area contributed by atoms with Gasteiger partial charge >= 0.3 is 0 Å².